The van der Waals surface area contributed by atoms with Crippen molar-refractivity contribution in [3.63, 3.8) is 0 Å². The molecule has 0 spiro atoms. The molecule has 0 aliphatic rings. The molecule has 2 aromatic carbocycles. The number of hydrogen-bond donors (Lipinski definition) is 2. The van der Waals surface area contributed by atoms with Gasteiger partial charge in [0.1, 0.15) is 17.5 Å². The zero-order valence-corrected chi connectivity index (χ0v) is 16.2. The molecule has 6 nitrogen and oxygen atoms in total. The Kier molecular flexibility index (Phi) is 4.62. The van der Waals surface area contributed by atoms with Gasteiger partial charge in [-0.1, -0.05) is 12.1 Å². The third kappa shape index (κ3) is 3.49. The molecular formula is C21H20F2N6. The number of anilines is 2. The Morgan fingerprint density at radius 3 is 2.59 bits per heavy atom. The molecule has 2 aromatic heterocycles. The molecule has 0 saturated heterocycles. The van der Waals surface area contributed by atoms with Gasteiger partial charge in [-0.05, 0) is 56.7 Å². The first-order valence-corrected chi connectivity index (χ1v) is 9.18. The summed E-state index contributed by atoms with van der Waals surface area (Å²) in [5, 5.41) is 7.97. The van der Waals surface area contributed by atoms with Crippen LogP contribution in [-0.2, 0) is 0 Å². The van der Waals surface area contributed by atoms with E-state index in [-0.39, 0.29) is 29.1 Å². The lowest BCUT2D eigenvalue weighted by molar-refractivity contribution is 0.603. The largest absolute Gasteiger partial charge is 0.383 e. The van der Waals surface area contributed by atoms with Crippen LogP contribution in [0.1, 0.15) is 19.4 Å². The predicted octanol–water partition coefficient (Wildman–Crippen LogP) is 4.47. The second-order valence-corrected chi connectivity index (χ2v) is 7.15. The first-order chi connectivity index (χ1) is 13.8. The summed E-state index contributed by atoms with van der Waals surface area (Å²) in [5.74, 6) is -0.666. The van der Waals surface area contributed by atoms with Crippen molar-refractivity contribution in [3.05, 3.63) is 59.7 Å². The number of nitrogens with zero attached hydrogens (tertiary/aromatic N) is 4. The molecule has 4 aromatic rings. The molecule has 0 aliphatic heterocycles. The summed E-state index contributed by atoms with van der Waals surface area (Å²) in [6.07, 6.45) is 0. The van der Waals surface area contributed by atoms with E-state index in [0.29, 0.717) is 11.0 Å². The zero-order chi connectivity index (χ0) is 20.7. The average Bonchev–Trinajstić information content (AvgIpc) is 2.99. The van der Waals surface area contributed by atoms with Crippen LogP contribution in [0.4, 0.5) is 20.5 Å². The number of aromatic nitrogens is 4. The van der Waals surface area contributed by atoms with E-state index in [1.165, 1.54) is 4.68 Å². The minimum atomic E-state index is -0.607. The quantitative estimate of drug-likeness (QED) is 0.534. The molecule has 0 radical (unpaired) electrons. The highest BCUT2D eigenvalue weighted by atomic mass is 19.1. The van der Waals surface area contributed by atoms with Crippen molar-refractivity contribution in [1.29, 1.82) is 0 Å². The molecule has 0 amide bonds. The van der Waals surface area contributed by atoms with E-state index in [2.05, 4.69) is 20.4 Å². The number of aryl methyl sites for hydroxylation is 1. The summed E-state index contributed by atoms with van der Waals surface area (Å²) in [7, 11) is 0. The number of halogens is 2. The summed E-state index contributed by atoms with van der Waals surface area (Å²) in [5.41, 5.74) is 8.64. The molecule has 3 N–H and O–H groups in total. The SMILES string of the molecule is Cc1cccc(-n2nc3nc(NC(C)C)nc(-c4cc(F)ccc4F)c3c2N)c1. The van der Waals surface area contributed by atoms with Gasteiger partial charge in [-0.3, -0.25) is 0 Å². The molecule has 29 heavy (non-hydrogen) atoms. The lowest BCUT2D eigenvalue weighted by Gasteiger charge is -2.11. The van der Waals surface area contributed by atoms with Crippen LogP contribution in [0, 0.1) is 18.6 Å². The van der Waals surface area contributed by atoms with E-state index in [4.69, 9.17) is 5.73 Å². The van der Waals surface area contributed by atoms with Crippen LogP contribution in [0.2, 0.25) is 0 Å². The number of benzene rings is 2. The summed E-state index contributed by atoms with van der Waals surface area (Å²) in [6.45, 7) is 5.81. The van der Waals surface area contributed by atoms with Gasteiger partial charge in [-0.25, -0.2) is 18.4 Å². The molecule has 0 unspecified atom stereocenters. The fourth-order valence-corrected chi connectivity index (χ4v) is 3.16. The van der Waals surface area contributed by atoms with Gasteiger partial charge in [-0.15, -0.1) is 5.10 Å². The highest BCUT2D eigenvalue weighted by Crippen LogP contribution is 2.34. The minimum absolute atomic E-state index is 0.000279. The highest BCUT2D eigenvalue weighted by molar-refractivity contribution is 5.99. The van der Waals surface area contributed by atoms with Crippen LogP contribution < -0.4 is 11.1 Å². The molecular weight excluding hydrogens is 374 g/mol. The number of nitrogens with two attached hydrogens (primary N) is 1. The smallest absolute Gasteiger partial charge is 0.225 e. The van der Waals surface area contributed by atoms with Gasteiger partial charge in [0.25, 0.3) is 0 Å². The zero-order valence-electron chi connectivity index (χ0n) is 16.2. The van der Waals surface area contributed by atoms with Crippen molar-refractivity contribution in [2.24, 2.45) is 0 Å². The Labute approximate surface area is 166 Å². The molecule has 0 aliphatic carbocycles. The van der Waals surface area contributed by atoms with Gasteiger partial charge in [0.15, 0.2) is 5.65 Å². The van der Waals surface area contributed by atoms with Crippen LogP contribution in [-0.4, -0.2) is 25.8 Å². The van der Waals surface area contributed by atoms with E-state index < -0.39 is 11.6 Å². The molecule has 0 atom stereocenters. The lowest BCUT2D eigenvalue weighted by atomic mass is 10.1. The fraction of sp³-hybridized carbons (Fsp3) is 0.190. The molecule has 2 heterocycles. The van der Waals surface area contributed by atoms with E-state index in [9.17, 15) is 8.78 Å². The van der Waals surface area contributed by atoms with Crippen molar-refractivity contribution in [1.82, 2.24) is 19.7 Å². The molecule has 0 fully saturated rings. The number of rotatable bonds is 4. The standard InChI is InChI=1S/C21H20F2N6/c1-11(2)25-21-26-18(15-10-13(22)7-8-16(15)23)17-19(24)29(28-20(17)27-21)14-6-4-5-12(3)9-14/h4-11H,24H2,1-3H3,(H,25,27,28). The van der Waals surface area contributed by atoms with Crippen molar-refractivity contribution < 1.29 is 8.78 Å². The van der Waals surface area contributed by atoms with E-state index in [1.54, 1.807) is 0 Å². The van der Waals surface area contributed by atoms with Crippen molar-refractivity contribution in [3.8, 4) is 16.9 Å². The maximum atomic E-state index is 14.6. The molecule has 4 rings (SSSR count). The second-order valence-electron chi connectivity index (χ2n) is 7.15. The summed E-state index contributed by atoms with van der Waals surface area (Å²) in [4.78, 5) is 8.87. The van der Waals surface area contributed by atoms with Gasteiger partial charge in [0, 0.05) is 11.6 Å². The Morgan fingerprint density at radius 2 is 1.86 bits per heavy atom. The Morgan fingerprint density at radius 1 is 1.07 bits per heavy atom. The van der Waals surface area contributed by atoms with Crippen molar-refractivity contribution in [2.45, 2.75) is 26.8 Å². The van der Waals surface area contributed by atoms with Gasteiger partial charge in [-0.2, -0.15) is 4.98 Å². The molecule has 0 bridgehead atoms. The van der Waals surface area contributed by atoms with Crippen LogP contribution in [0.3, 0.4) is 0 Å². The van der Waals surface area contributed by atoms with E-state index in [0.717, 1.165) is 29.4 Å². The van der Waals surface area contributed by atoms with Crippen molar-refractivity contribution >= 4 is 22.8 Å². The summed E-state index contributed by atoms with van der Waals surface area (Å²) >= 11 is 0. The minimum Gasteiger partial charge on any atom is -0.383 e. The van der Waals surface area contributed by atoms with Gasteiger partial charge in [0.2, 0.25) is 5.95 Å². The molecule has 148 valence electrons. The number of hydrogen-bond acceptors (Lipinski definition) is 5. The first-order valence-electron chi connectivity index (χ1n) is 9.18. The third-order valence-electron chi connectivity index (χ3n) is 4.42. The normalized spacial score (nSPS) is 11.4. The topological polar surface area (TPSA) is 81.7 Å². The molecule has 8 heteroatoms. The Bertz CT molecular complexity index is 1220. The number of nitrogens with one attached hydrogen (secondary N) is 1. The second kappa shape index (κ2) is 7.12. The Hall–Kier alpha value is -3.55. The third-order valence-corrected chi connectivity index (χ3v) is 4.42. The van der Waals surface area contributed by atoms with Gasteiger partial charge < -0.3 is 11.1 Å². The van der Waals surface area contributed by atoms with Crippen LogP contribution in [0.25, 0.3) is 28.0 Å². The average molecular weight is 394 g/mol. The molecule has 0 saturated carbocycles. The van der Waals surface area contributed by atoms with Crippen LogP contribution in [0.5, 0.6) is 0 Å². The maximum absolute atomic E-state index is 14.6. The van der Waals surface area contributed by atoms with Crippen molar-refractivity contribution in [2.75, 3.05) is 11.1 Å². The highest BCUT2D eigenvalue weighted by Gasteiger charge is 2.21. The van der Waals surface area contributed by atoms with Crippen LogP contribution in [0.15, 0.2) is 42.5 Å². The number of nitrogen functional groups attached to an aromatic ring is 1. The fourth-order valence-electron chi connectivity index (χ4n) is 3.16. The monoisotopic (exact) mass is 394 g/mol. The van der Waals surface area contributed by atoms with Crippen LogP contribution >= 0.6 is 0 Å². The van der Waals surface area contributed by atoms with Gasteiger partial charge in [0.05, 0.1) is 16.8 Å². The Balaban J connectivity index is 2.03. The van der Waals surface area contributed by atoms with E-state index >= 15 is 0 Å². The first kappa shape index (κ1) is 18.8. The summed E-state index contributed by atoms with van der Waals surface area (Å²) < 4.78 is 30.0. The predicted molar refractivity (Wildman–Crippen MR) is 110 cm³/mol. The van der Waals surface area contributed by atoms with Gasteiger partial charge >= 0.3 is 0 Å². The number of fused-ring (bicyclic) bond motifs is 1. The maximum Gasteiger partial charge on any atom is 0.225 e. The van der Waals surface area contributed by atoms with E-state index in [1.807, 2.05) is 45.0 Å². The summed E-state index contributed by atoms with van der Waals surface area (Å²) in [6, 6.07) is 10.9. The lowest BCUT2D eigenvalue weighted by Crippen LogP contribution is -2.13.